The zero-order chi connectivity index (χ0) is 79.9. The molecule has 4 aromatic carbocycles. The lowest BCUT2D eigenvalue weighted by Gasteiger charge is -2.19. The second kappa shape index (κ2) is 58.7. The number of anilines is 2. The van der Waals surface area contributed by atoms with Gasteiger partial charge in [0.15, 0.2) is 11.5 Å². The lowest BCUT2D eigenvalue weighted by molar-refractivity contribution is 0.234. The van der Waals surface area contributed by atoms with Gasteiger partial charge in [0.05, 0.1) is 46.2 Å². The summed E-state index contributed by atoms with van der Waals surface area (Å²) in [5.41, 5.74) is 6.41. The maximum Gasteiger partial charge on any atom is 0.326 e. The van der Waals surface area contributed by atoms with Crippen molar-refractivity contribution in [1.29, 1.82) is 0 Å². The number of aromatic amines is 1. The quantitative estimate of drug-likeness (QED) is 0.0253. The fraction of sp³-hybridized carbons (Fsp3) is 0.643. The fourth-order valence-electron chi connectivity index (χ4n) is 13.3. The van der Waals surface area contributed by atoms with Gasteiger partial charge in [-0.3, -0.25) is 10.1 Å². The highest BCUT2D eigenvalue weighted by atomic mass is 16.5. The first-order valence-electron chi connectivity index (χ1n) is 44.9. The number of urea groups is 1. The van der Waals surface area contributed by atoms with Crippen molar-refractivity contribution >= 4 is 54.1 Å². The van der Waals surface area contributed by atoms with Gasteiger partial charge in [0.25, 0.3) is 5.56 Å². The molecule has 1 unspecified atom stereocenters. The third-order valence-electron chi connectivity index (χ3n) is 21.8. The second-order valence-corrected chi connectivity index (χ2v) is 32.2. The van der Waals surface area contributed by atoms with Crippen molar-refractivity contribution in [3.05, 3.63) is 116 Å². The minimum absolute atomic E-state index is 0.119. The summed E-state index contributed by atoms with van der Waals surface area (Å²) in [4.78, 5) is 33.0. The largest absolute Gasteiger partial charge is 0.493 e. The minimum atomic E-state index is -0.502. The number of hydrogen-bond acceptors (Lipinski definition) is 10. The number of unbranched alkanes of at least 4 members (excludes halogenated alkanes) is 27. The van der Waals surface area contributed by atoms with Crippen LogP contribution in [-0.4, -0.2) is 62.2 Å². The van der Waals surface area contributed by atoms with E-state index in [1.165, 1.54) is 160 Å². The van der Waals surface area contributed by atoms with Crippen molar-refractivity contribution in [2.45, 2.75) is 334 Å². The summed E-state index contributed by atoms with van der Waals surface area (Å²) >= 11 is 0. The smallest absolute Gasteiger partial charge is 0.326 e. The van der Waals surface area contributed by atoms with Crippen molar-refractivity contribution in [3.8, 4) is 40.2 Å². The normalized spacial score (nSPS) is 13.1. The van der Waals surface area contributed by atoms with Crippen LogP contribution in [-0.2, 0) is 6.42 Å². The van der Waals surface area contributed by atoms with Gasteiger partial charge in [-0.15, -0.1) is 0 Å². The Bertz CT molecular complexity index is 3380. The van der Waals surface area contributed by atoms with Crippen LogP contribution in [0.4, 0.5) is 16.4 Å². The summed E-state index contributed by atoms with van der Waals surface area (Å²) in [5.74, 6) is 7.09. The van der Waals surface area contributed by atoms with E-state index in [9.17, 15) is 9.59 Å². The molecule has 2 amide bonds. The molecular weight excluding hydrogens is 1380 g/mol. The van der Waals surface area contributed by atoms with Crippen LogP contribution in [0.2, 0.25) is 0 Å². The average molecular weight is 1530 g/mol. The van der Waals surface area contributed by atoms with Gasteiger partial charge in [-0.25, -0.2) is 4.79 Å². The molecule has 0 radical (unpaired) electrons. The molecule has 13 nitrogen and oxygen atoms in total. The molecule has 0 saturated carbocycles. The number of amides is 2. The van der Waals surface area contributed by atoms with Gasteiger partial charge in [0.2, 0.25) is 11.7 Å². The van der Waals surface area contributed by atoms with Crippen LogP contribution in [0.15, 0.2) is 71.5 Å². The number of carbonyl (C=O) groups is 1. The first-order chi connectivity index (χ1) is 54.1. The number of nitrogens with zero attached hydrogens (tertiary/aromatic N) is 1. The van der Waals surface area contributed by atoms with Gasteiger partial charge >= 0.3 is 6.03 Å². The Morgan fingerprint density at radius 1 is 0.369 bits per heavy atom. The number of aromatic nitrogens is 2. The molecule has 1 aromatic heterocycles. The predicted molar refractivity (Wildman–Crippen MR) is 474 cm³/mol. The molecule has 0 saturated heterocycles. The van der Waals surface area contributed by atoms with Gasteiger partial charge < -0.3 is 43.5 Å². The third kappa shape index (κ3) is 39.9. The SMILES string of the molecule is CCCCCCCCCCCCOc1cc(/C=C/c2cc(OC[C@@H](C)CC)c(/C=C/c3cc(OC[C@@H](C)CC)c(/C=C/c4ccc(NC(=O)Nc5nc(=O)cc(CC(CC)CCC)[nH]5)cc4)cc3OC[C@@H](C)CC)cc2OC[C@@H](C)CC)cc(OCCCCCCCCCCCC)c1OCCCCCCCCCCCC. The van der Waals surface area contributed by atoms with Gasteiger partial charge in [-0.1, -0.05) is 357 Å². The molecular formula is C98H154N4O9. The monoisotopic (exact) mass is 1530 g/mol. The predicted octanol–water partition coefficient (Wildman–Crippen LogP) is 28.9. The van der Waals surface area contributed by atoms with Crippen molar-refractivity contribution < 1.29 is 38.0 Å². The van der Waals surface area contributed by atoms with Gasteiger partial charge in [-0.05, 0) is 115 Å². The first-order valence-corrected chi connectivity index (χ1v) is 44.9. The Balaban J connectivity index is 1.54. The van der Waals surface area contributed by atoms with Crippen molar-refractivity contribution in [2.75, 3.05) is 56.9 Å². The van der Waals surface area contributed by atoms with E-state index in [2.05, 4.69) is 177 Å². The summed E-state index contributed by atoms with van der Waals surface area (Å²) in [7, 11) is 0. The summed E-state index contributed by atoms with van der Waals surface area (Å²) < 4.78 is 48.1. The Hall–Kier alpha value is -7.15. The highest BCUT2D eigenvalue weighted by molar-refractivity contribution is 5.98. The Kier molecular flexibility index (Phi) is 49.9. The van der Waals surface area contributed by atoms with Crippen LogP contribution in [0, 0.1) is 29.6 Å². The van der Waals surface area contributed by atoms with Crippen molar-refractivity contribution in [2.24, 2.45) is 29.6 Å². The van der Waals surface area contributed by atoms with Crippen molar-refractivity contribution in [3.63, 3.8) is 0 Å². The number of nitrogens with one attached hydrogen (secondary N) is 3. The van der Waals surface area contributed by atoms with Gasteiger partial charge in [0, 0.05) is 39.7 Å². The van der Waals surface area contributed by atoms with E-state index in [1.54, 1.807) is 0 Å². The number of benzene rings is 4. The molecule has 13 heteroatoms. The van der Waals surface area contributed by atoms with Crippen LogP contribution >= 0.6 is 0 Å². The van der Waals surface area contributed by atoms with Crippen LogP contribution < -0.4 is 49.4 Å². The van der Waals surface area contributed by atoms with E-state index in [0.29, 0.717) is 87.9 Å². The minimum Gasteiger partial charge on any atom is -0.493 e. The highest BCUT2D eigenvalue weighted by Gasteiger charge is 2.20. The summed E-state index contributed by atoms with van der Waals surface area (Å²) in [6.45, 7) is 33.0. The summed E-state index contributed by atoms with van der Waals surface area (Å²) in [6.07, 6.45) is 58.5. The number of hydrogen-bond donors (Lipinski definition) is 3. The summed E-state index contributed by atoms with van der Waals surface area (Å²) in [5, 5.41) is 5.63. The van der Waals surface area contributed by atoms with Crippen molar-refractivity contribution in [1.82, 2.24) is 9.97 Å². The van der Waals surface area contributed by atoms with E-state index >= 15 is 0 Å². The average Bonchev–Trinajstić information content (AvgIpc) is 0.813. The lowest BCUT2D eigenvalue weighted by Crippen LogP contribution is -2.23. The number of carbonyl (C=O) groups excluding carboxylic acids is 1. The molecule has 5 aromatic rings. The van der Waals surface area contributed by atoms with Crippen LogP contribution in [0.3, 0.4) is 0 Å². The molecule has 0 aliphatic carbocycles. The second-order valence-electron chi connectivity index (χ2n) is 32.2. The topological polar surface area (TPSA) is 151 Å². The van der Waals surface area contributed by atoms with Crippen LogP contribution in [0.25, 0.3) is 36.5 Å². The Morgan fingerprint density at radius 2 is 0.712 bits per heavy atom. The van der Waals surface area contributed by atoms with E-state index in [4.69, 9.17) is 33.2 Å². The molecule has 1 heterocycles. The lowest BCUT2D eigenvalue weighted by atomic mass is 9.95. The molecule has 111 heavy (non-hydrogen) atoms. The number of H-pyrrole nitrogens is 1. The standard InChI is InChI=1S/C98H154N4O9/c1-14-23-26-29-32-35-38-41-44-47-61-105-93-65-82(66-94(106-62-48-45-42-39-36-33-30-27-24-15-2)96(93)107-63-49-46-43-40-37-34-31-28-25-16-3)52-56-84-68-92(111-75-79(13)21-8)86(70-90(84)109-73-77(11)19-6)58-57-85-69-89(108-72-76(10)18-5)83(67-91(85)110-74-78(12)20-7)55-51-81-53-59-87(60-54-81)100-98(104)102-97-99-88(71-95(103)101-97)64-80(22-9)50-17-4/h51-60,65-71,76-80H,14-50,61-64,72-75H2,1-13H3,(H3,99,100,101,102,103,104)/b55-51+,56-52+,58-57+/t76-,77-,78-,79-,80?/m0/s1. The van der Waals surface area contributed by atoms with Gasteiger partial charge in [0.1, 0.15) is 23.0 Å². The molecule has 0 fully saturated rings. The zero-order valence-corrected chi connectivity index (χ0v) is 72.1. The van der Waals surface area contributed by atoms with E-state index < -0.39 is 11.6 Å². The van der Waals surface area contributed by atoms with Gasteiger partial charge in [-0.2, -0.15) is 4.98 Å². The summed E-state index contributed by atoms with van der Waals surface area (Å²) in [6, 6.07) is 21.5. The van der Waals surface area contributed by atoms with E-state index in [-0.39, 0.29) is 5.95 Å². The molecule has 0 spiro atoms. The number of ether oxygens (including phenoxy) is 7. The van der Waals surface area contributed by atoms with Crippen LogP contribution in [0.5, 0.6) is 40.2 Å². The first kappa shape index (κ1) is 94.4. The zero-order valence-electron chi connectivity index (χ0n) is 72.1. The van der Waals surface area contributed by atoms with E-state index in [0.717, 1.165) is 163 Å². The maximum absolute atomic E-state index is 13.3. The fourth-order valence-corrected chi connectivity index (χ4v) is 13.3. The molecule has 3 N–H and O–H groups in total. The highest BCUT2D eigenvalue weighted by Crippen LogP contribution is 2.42. The van der Waals surface area contributed by atoms with E-state index in [1.807, 2.05) is 30.3 Å². The molecule has 5 atom stereocenters. The molecule has 0 aliphatic heterocycles. The third-order valence-corrected chi connectivity index (χ3v) is 21.8. The maximum atomic E-state index is 13.3. The Labute approximate surface area is 675 Å². The van der Waals surface area contributed by atoms with Crippen LogP contribution in [0.1, 0.15) is 367 Å². The molecule has 620 valence electrons. The Morgan fingerprint density at radius 3 is 1.06 bits per heavy atom. The number of rotatable bonds is 65. The molecule has 0 aliphatic rings. The molecule has 0 bridgehead atoms. The molecule has 5 rings (SSSR count).